The second-order valence-electron chi connectivity index (χ2n) is 8.30. The highest BCUT2D eigenvalue weighted by Crippen LogP contribution is 2.39. The summed E-state index contributed by atoms with van der Waals surface area (Å²) in [5.41, 5.74) is 2.56. The summed E-state index contributed by atoms with van der Waals surface area (Å²) >= 11 is 0. The average Bonchev–Trinajstić information content (AvgIpc) is 2.71. The van der Waals surface area contributed by atoms with Crippen molar-refractivity contribution in [2.24, 2.45) is 0 Å². The smallest absolute Gasteiger partial charge is 0.414 e. The summed E-state index contributed by atoms with van der Waals surface area (Å²) in [5, 5.41) is 0. The van der Waals surface area contributed by atoms with E-state index in [9.17, 15) is 18.0 Å². The van der Waals surface area contributed by atoms with Crippen LogP contribution in [0.15, 0.2) is 47.4 Å². The van der Waals surface area contributed by atoms with E-state index in [1.807, 2.05) is 13.0 Å². The summed E-state index contributed by atoms with van der Waals surface area (Å²) in [6.45, 7) is 7.22. The number of rotatable bonds is 4. The van der Waals surface area contributed by atoms with Gasteiger partial charge in [0.2, 0.25) is 15.9 Å². The van der Waals surface area contributed by atoms with Crippen LogP contribution in [0, 0.1) is 0 Å². The van der Waals surface area contributed by atoms with Gasteiger partial charge >= 0.3 is 6.09 Å². The number of ether oxygens (including phenoxy) is 1. The summed E-state index contributed by atoms with van der Waals surface area (Å²) in [6, 6.07) is 11.8. The third-order valence-corrected chi connectivity index (χ3v) is 7.07. The molecule has 1 aliphatic rings. The maximum absolute atomic E-state index is 12.8. The minimum atomic E-state index is -3.59. The van der Waals surface area contributed by atoms with Crippen molar-refractivity contribution >= 4 is 33.4 Å². The first kappa shape index (κ1) is 23.7. The zero-order valence-electron chi connectivity index (χ0n) is 19.2. The quantitative estimate of drug-likeness (QED) is 0.696. The highest BCUT2D eigenvalue weighted by molar-refractivity contribution is 7.89. The zero-order valence-corrected chi connectivity index (χ0v) is 20.0. The lowest BCUT2D eigenvalue weighted by atomic mass is 10.0. The lowest BCUT2D eigenvalue weighted by Gasteiger charge is -2.40. The number of hydrogen-bond donors (Lipinski definition) is 0. The fourth-order valence-corrected chi connectivity index (χ4v) is 4.72. The molecule has 2 aromatic rings. The minimum Gasteiger partial charge on any atom is -0.446 e. The lowest BCUT2D eigenvalue weighted by Crippen LogP contribution is -2.51. The molecule has 0 bridgehead atoms. The number of carbonyl (C=O) groups excluding carboxylic acids is 2. The first-order valence-electron chi connectivity index (χ1n) is 10.4. The van der Waals surface area contributed by atoms with Crippen LogP contribution < -0.4 is 9.80 Å². The summed E-state index contributed by atoms with van der Waals surface area (Å²) in [6.07, 6.45) is -0.777. The fraction of sp³-hybridized carbons (Fsp3) is 0.391. The van der Waals surface area contributed by atoms with Crippen LogP contribution in [0.1, 0.15) is 27.7 Å². The van der Waals surface area contributed by atoms with Crippen LogP contribution >= 0.6 is 0 Å². The number of sulfonamides is 1. The first-order valence-corrected chi connectivity index (χ1v) is 11.8. The van der Waals surface area contributed by atoms with Gasteiger partial charge in [-0.3, -0.25) is 9.69 Å². The Bertz CT molecular complexity index is 1140. The van der Waals surface area contributed by atoms with Gasteiger partial charge in [-0.25, -0.2) is 17.5 Å². The molecule has 3 rings (SSSR count). The van der Waals surface area contributed by atoms with Gasteiger partial charge in [-0.05, 0) is 56.2 Å². The van der Waals surface area contributed by atoms with Gasteiger partial charge < -0.3 is 9.64 Å². The summed E-state index contributed by atoms with van der Waals surface area (Å²) in [4.78, 5) is 28.5. The van der Waals surface area contributed by atoms with Crippen molar-refractivity contribution in [1.82, 2.24) is 4.31 Å². The van der Waals surface area contributed by atoms with Crippen LogP contribution in [-0.4, -0.2) is 57.5 Å². The molecule has 0 saturated carbocycles. The number of nitrogens with zero attached hydrogens (tertiary/aromatic N) is 3. The van der Waals surface area contributed by atoms with Crippen molar-refractivity contribution in [3.63, 3.8) is 0 Å². The summed E-state index contributed by atoms with van der Waals surface area (Å²) in [7, 11) is -0.628. The second kappa shape index (κ2) is 8.91. The number of anilines is 2. The predicted molar refractivity (Wildman–Crippen MR) is 124 cm³/mol. The molecule has 0 radical (unpaired) electrons. The standard InChI is InChI=1S/C23H29N3O5S/c1-15(2)31-23(28)25-14-16(3)26(17(4)27)21-11-10-19(13-22(21)25)18-8-7-9-20(12-18)32(29,30)24(5)6/h7-13,15-16H,14H2,1-6H3/t16-/m0/s1. The summed E-state index contributed by atoms with van der Waals surface area (Å²) < 4.78 is 31.7. The molecule has 0 unspecified atom stereocenters. The number of benzene rings is 2. The lowest BCUT2D eigenvalue weighted by molar-refractivity contribution is -0.117. The molecule has 0 fully saturated rings. The van der Waals surface area contributed by atoms with E-state index in [1.54, 1.807) is 55.1 Å². The van der Waals surface area contributed by atoms with Crippen LogP contribution in [0.3, 0.4) is 0 Å². The Kier molecular flexibility index (Phi) is 6.61. The van der Waals surface area contributed by atoms with Crippen molar-refractivity contribution in [2.75, 3.05) is 30.4 Å². The normalized spacial score (nSPS) is 16.3. The number of carbonyl (C=O) groups is 2. The second-order valence-corrected chi connectivity index (χ2v) is 10.5. The Morgan fingerprint density at radius 3 is 2.31 bits per heavy atom. The third kappa shape index (κ3) is 4.49. The molecule has 2 amide bonds. The summed E-state index contributed by atoms with van der Waals surface area (Å²) in [5.74, 6) is -0.123. The maximum Gasteiger partial charge on any atom is 0.414 e. The van der Waals surface area contributed by atoms with E-state index >= 15 is 0 Å². The van der Waals surface area contributed by atoms with E-state index in [-0.39, 0.29) is 29.5 Å². The van der Waals surface area contributed by atoms with E-state index in [0.717, 1.165) is 9.87 Å². The highest BCUT2D eigenvalue weighted by Gasteiger charge is 2.35. The molecule has 0 N–H and O–H groups in total. The van der Waals surface area contributed by atoms with Gasteiger partial charge in [-0.1, -0.05) is 18.2 Å². The molecule has 0 aromatic heterocycles. The van der Waals surface area contributed by atoms with E-state index in [4.69, 9.17) is 4.74 Å². The van der Waals surface area contributed by atoms with E-state index in [2.05, 4.69) is 0 Å². The van der Waals surface area contributed by atoms with Crippen LogP contribution in [0.2, 0.25) is 0 Å². The van der Waals surface area contributed by atoms with Crippen LogP contribution in [0.25, 0.3) is 11.1 Å². The third-order valence-electron chi connectivity index (χ3n) is 5.26. The monoisotopic (exact) mass is 459 g/mol. The highest BCUT2D eigenvalue weighted by atomic mass is 32.2. The van der Waals surface area contributed by atoms with Gasteiger partial charge in [-0.2, -0.15) is 0 Å². The van der Waals surface area contributed by atoms with E-state index < -0.39 is 16.1 Å². The van der Waals surface area contributed by atoms with Gasteiger partial charge in [0, 0.05) is 27.6 Å². The molecule has 172 valence electrons. The molecule has 1 heterocycles. The predicted octanol–water partition coefficient (Wildman–Crippen LogP) is 3.71. The van der Waals surface area contributed by atoms with Gasteiger partial charge in [-0.15, -0.1) is 0 Å². The Morgan fingerprint density at radius 1 is 1.06 bits per heavy atom. The van der Waals surface area contributed by atoms with Gasteiger partial charge in [0.25, 0.3) is 0 Å². The molecule has 32 heavy (non-hydrogen) atoms. The van der Waals surface area contributed by atoms with Crippen LogP contribution in [-0.2, 0) is 19.6 Å². The largest absolute Gasteiger partial charge is 0.446 e. The molecule has 1 atom stereocenters. The first-order chi connectivity index (χ1) is 14.9. The van der Waals surface area contributed by atoms with Crippen LogP contribution in [0.5, 0.6) is 0 Å². The zero-order chi connectivity index (χ0) is 23.8. The molecular weight excluding hydrogens is 430 g/mol. The Hall–Kier alpha value is -2.91. The average molecular weight is 460 g/mol. The molecule has 0 aliphatic carbocycles. The number of fused-ring (bicyclic) bond motifs is 1. The maximum atomic E-state index is 12.8. The molecular formula is C23H29N3O5S. The van der Waals surface area contributed by atoms with Crippen molar-refractivity contribution in [2.45, 2.75) is 44.7 Å². The topological polar surface area (TPSA) is 87.2 Å². The Balaban J connectivity index is 2.13. The van der Waals surface area contributed by atoms with Crippen molar-refractivity contribution in [3.8, 4) is 11.1 Å². The van der Waals surface area contributed by atoms with Crippen molar-refractivity contribution < 1.29 is 22.7 Å². The van der Waals surface area contributed by atoms with Gasteiger partial charge in [0.1, 0.15) is 0 Å². The van der Waals surface area contributed by atoms with Crippen molar-refractivity contribution in [3.05, 3.63) is 42.5 Å². The molecule has 9 heteroatoms. The SMILES string of the molecule is CC(=O)N1c2ccc(-c3cccc(S(=O)(=O)N(C)C)c3)cc2N(C(=O)OC(C)C)C[C@@H]1C. The molecule has 8 nitrogen and oxygen atoms in total. The van der Waals surface area contributed by atoms with E-state index in [1.165, 1.54) is 25.9 Å². The molecule has 1 aliphatic heterocycles. The number of hydrogen-bond acceptors (Lipinski definition) is 5. The fourth-order valence-electron chi connectivity index (χ4n) is 3.77. The van der Waals surface area contributed by atoms with Crippen LogP contribution in [0.4, 0.5) is 16.2 Å². The Labute approximate surface area is 189 Å². The molecule has 2 aromatic carbocycles. The van der Waals surface area contributed by atoms with Gasteiger partial charge in [0.05, 0.1) is 28.4 Å². The Morgan fingerprint density at radius 2 is 1.72 bits per heavy atom. The van der Waals surface area contributed by atoms with E-state index in [0.29, 0.717) is 16.9 Å². The van der Waals surface area contributed by atoms with Crippen molar-refractivity contribution in [1.29, 1.82) is 0 Å². The molecule has 0 saturated heterocycles. The molecule has 0 spiro atoms. The van der Waals surface area contributed by atoms with Gasteiger partial charge in [0.15, 0.2) is 0 Å². The number of amides is 2. The minimum absolute atomic E-state index is 0.123.